The number of nitrogens with one attached hydrogen (secondary N) is 2. The molecule has 1 heterocycles. The Morgan fingerprint density at radius 2 is 1.77 bits per heavy atom. The molecule has 0 saturated heterocycles. The van der Waals surface area contributed by atoms with E-state index in [0.717, 1.165) is 11.4 Å². The van der Waals surface area contributed by atoms with Crippen molar-refractivity contribution in [3.63, 3.8) is 0 Å². The fraction of sp³-hybridized carbons (Fsp3) is 0.353. The van der Waals surface area contributed by atoms with Gasteiger partial charge in [-0.3, -0.25) is 5.32 Å². The summed E-state index contributed by atoms with van der Waals surface area (Å²) in [5, 5.41) is 6.02. The molecule has 2 N–H and O–H groups in total. The van der Waals surface area contributed by atoms with Crippen molar-refractivity contribution in [2.75, 3.05) is 10.6 Å². The molecule has 0 spiro atoms. The zero-order valence-corrected chi connectivity index (χ0v) is 13.3. The molecule has 2 rings (SSSR count). The van der Waals surface area contributed by atoms with Crippen LogP contribution in [0.15, 0.2) is 47.1 Å². The molecule has 0 fully saturated rings. The summed E-state index contributed by atoms with van der Waals surface area (Å²) >= 11 is 0. The summed E-state index contributed by atoms with van der Waals surface area (Å²) < 4.78 is 10.6. The highest BCUT2D eigenvalue weighted by Gasteiger charge is 2.16. The topological polar surface area (TPSA) is 63.5 Å². The van der Waals surface area contributed by atoms with Crippen molar-refractivity contribution in [3.05, 3.63) is 48.4 Å². The molecule has 5 heteroatoms. The number of benzene rings is 1. The molecular formula is C17H22N2O3. The van der Waals surface area contributed by atoms with Crippen LogP contribution in [0, 0.1) is 0 Å². The van der Waals surface area contributed by atoms with E-state index in [1.807, 2.05) is 64.1 Å². The predicted molar refractivity (Wildman–Crippen MR) is 87.0 cm³/mol. The van der Waals surface area contributed by atoms with E-state index < -0.39 is 11.7 Å². The van der Waals surface area contributed by atoms with E-state index in [-0.39, 0.29) is 6.04 Å². The third-order valence-electron chi connectivity index (χ3n) is 2.88. The molecule has 0 saturated carbocycles. The zero-order chi connectivity index (χ0) is 16.2. The van der Waals surface area contributed by atoms with E-state index >= 15 is 0 Å². The normalized spacial score (nSPS) is 12.5. The van der Waals surface area contributed by atoms with Crippen LogP contribution in [0.25, 0.3) is 0 Å². The number of carbonyl (C=O) groups is 1. The Kier molecular flexibility index (Phi) is 4.75. The van der Waals surface area contributed by atoms with E-state index in [1.54, 1.807) is 6.26 Å². The molecule has 22 heavy (non-hydrogen) atoms. The van der Waals surface area contributed by atoms with Crippen LogP contribution in [0.2, 0.25) is 0 Å². The lowest BCUT2D eigenvalue weighted by Crippen LogP contribution is -2.27. The highest BCUT2D eigenvalue weighted by molar-refractivity contribution is 5.85. The fourth-order valence-electron chi connectivity index (χ4n) is 1.93. The van der Waals surface area contributed by atoms with Crippen molar-refractivity contribution in [2.45, 2.75) is 39.3 Å². The van der Waals surface area contributed by atoms with Gasteiger partial charge in [0.15, 0.2) is 0 Å². The maximum atomic E-state index is 11.7. The molecule has 5 nitrogen and oxygen atoms in total. The summed E-state index contributed by atoms with van der Waals surface area (Å²) in [5.41, 5.74) is 1.12. The molecule has 1 amide bonds. The fourth-order valence-corrected chi connectivity index (χ4v) is 1.93. The van der Waals surface area contributed by atoms with Crippen LogP contribution in [0.1, 0.15) is 39.5 Å². The smallest absolute Gasteiger partial charge is 0.412 e. The first-order chi connectivity index (χ1) is 10.3. The van der Waals surface area contributed by atoms with Crippen molar-refractivity contribution in [2.24, 2.45) is 0 Å². The van der Waals surface area contributed by atoms with Crippen LogP contribution in [-0.2, 0) is 4.74 Å². The number of hydrogen-bond donors (Lipinski definition) is 2. The highest BCUT2D eigenvalue weighted by Crippen LogP contribution is 2.21. The molecule has 2 aromatic rings. The van der Waals surface area contributed by atoms with Crippen molar-refractivity contribution >= 4 is 17.5 Å². The van der Waals surface area contributed by atoms with Crippen LogP contribution < -0.4 is 10.6 Å². The van der Waals surface area contributed by atoms with E-state index in [4.69, 9.17) is 9.15 Å². The first-order valence-electron chi connectivity index (χ1n) is 7.23. The zero-order valence-electron chi connectivity index (χ0n) is 13.3. The van der Waals surface area contributed by atoms with Crippen molar-refractivity contribution in [3.8, 4) is 0 Å². The highest BCUT2D eigenvalue weighted by atomic mass is 16.6. The molecule has 1 aromatic carbocycles. The van der Waals surface area contributed by atoms with Gasteiger partial charge in [0, 0.05) is 11.4 Å². The quantitative estimate of drug-likeness (QED) is 0.851. The monoisotopic (exact) mass is 302 g/mol. The molecule has 1 unspecified atom stereocenters. The van der Waals surface area contributed by atoms with Gasteiger partial charge in [-0.25, -0.2) is 4.79 Å². The molecule has 1 atom stereocenters. The van der Waals surface area contributed by atoms with Gasteiger partial charge in [0.05, 0.1) is 12.3 Å². The maximum absolute atomic E-state index is 11.7. The van der Waals surface area contributed by atoms with E-state index in [2.05, 4.69) is 10.6 Å². The van der Waals surface area contributed by atoms with Gasteiger partial charge in [0.2, 0.25) is 0 Å². The Morgan fingerprint density at radius 3 is 2.32 bits per heavy atom. The number of rotatable bonds is 4. The summed E-state index contributed by atoms with van der Waals surface area (Å²) in [4.78, 5) is 11.7. The third-order valence-corrected chi connectivity index (χ3v) is 2.88. The van der Waals surface area contributed by atoms with Gasteiger partial charge in [-0.05, 0) is 64.1 Å². The van der Waals surface area contributed by atoms with Gasteiger partial charge in [0.1, 0.15) is 11.4 Å². The third kappa shape index (κ3) is 4.84. The van der Waals surface area contributed by atoms with E-state index in [0.29, 0.717) is 5.69 Å². The second-order valence-electron chi connectivity index (χ2n) is 6.09. The van der Waals surface area contributed by atoms with Gasteiger partial charge < -0.3 is 14.5 Å². The van der Waals surface area contributed by atoms with Crippen LogP contribution in [0.5, 0.6) is 0 Å². The summed E-state index contributed by atoms with van der Waals surface area (Å²) in [6.07, 6.45) is 1.19. The number of carbonyl (C=O) groups excluding carboxylic acids is 1. The number of anilines is 2. The lowest BCUT2D eigenvalue weighted by atomic mass is 10.2. The van der Waals surface area contributed by atoms with E-state index in [9.17, 15) is 4.79 Å². The molecule has 0 aliphatic rings. The van der Waals surface area contributed by atoms with E-state index in [1.165, 1.54) is 0 Å². The minimum absolute atomic E-state index is 0.0691. The van der Waals surface area contributed by atoms with Gasteiger partial charge in [-0.2, -0.15) is 0 Å². The van der Waals surface area contributed by atoms with Gasteiger partial charge in [-0.1, -0.05) is 0 Å². The standard InChI is InChI=1S/C17H22N2O3/c1-12(15-6-5-11-21-15)18-13-7-9-14(10-8-13)19-16(20)22-17(2,3)4/h5-12,18H,1-4H3,(H,19,20). The first kappa shape index (κ1) is 15.9. The van der Waals surface area contributed by atoms with Crippen molar-refractivity contribution < 1.29 is 13.9 Å². The maximum Gasteiger partial charge on any atom is 0.412 e. The van der Waals surface area contributed by atoms with Crippen molar-refractivity contribution in [1.29, 1.82) is 0 Å². The largest absolute Gasteiger partial charge is 0.467 e. The molecule has 118 valence electrons. The molecule has 0 aliphatic heterocycles. The summed E-state index contributed by atoms with van der Waals surface area (Å²) in [5.74, 6) is 0.871. The number of amides is 1. The molecular weight excluding hydrogens is 280 g/mol. The minimum Gasteiger partial charge on any atom is -0.467 e. The molecule has 0 aliphatic carbocycles. The number of ether oxygens (including phenoxy) is 1. The van der Waals surface area contributed by atoms with Crippen LogP contribution in [0.4, 0.5) is 16.2 Å². The van der Waals surface area contributed by atoms with Gasteiger partial charge in [0.25, 0.3) is 0 Å². The predicted octanol–water partition coefficient (Wildman–Crippen LogP) is 4.80. The SMILES string of the molecule is CC(Nc1ccc(NC(=O)OC(C)(C)C)cc1)c1ccco1. The Balaban J connectivity index is 1.91. The summed E-state index contributed by atoms with van der Waals surface area (Å²) in [6.45, 7) is 7.51. The second-order valence-corrected chi connectivity index (χ2v) is 6.09. The molecule has 1 aromatic heterocycles. The Labute approximate surface area is 130 Å². The second kappa shape index (κ2) is 6.56. The lowest BCUT2D eigenvalue weighted by molar-refractivity contribution is 0.0636. The Bertz CT molecular complexity index is 598. The van der Waals surface area contributed by atoms with Crippen LogP contribution >= 0.6 is 0 Å². The lowest BCUT2D eigenvalue weighted by Gasteiger charge is -2.19. The number of hydrogen-bond acceptors (Lipinski definition) is 4. The first-order valence-corrected chi connectivity index (χ1v) is 7.23. The summed E-state index contributed by atoms with van der Waals surface area (Å²) in [6, 6.07) is 11.3. The average Bonchev–Trinajstić information content (AvgIpc) is 2.92. The minimum atomic E-state index is -0.510. The molecule has 0 bridgehead atoms. The van der Waals surface area contributed by atoms with Crippen LogP contribution in [0.3, 0.4) is 0 Å². The summed E-state index contributed by atoms with van der Waals surface area (Å²) in [7, 11) is 0. The van der Waals surface area contributed by atoms with Crippen molar-refractivity contribution in [1.82, 2.24) is 0 Å². The Hall–Kier alpha value is -2.43. The van der Waals surface area contributed by atoms with Gasteiger partial charge >= 0.3 is 6.09 Å². The van der Waals surface area contributed by atoms with Gasteiger partial charge in [-0.15, -0.1) is 0 Å². The average molecular weight is 302 g/mol. The Morgan fingerprint density at radius 1 is 1.14 bits per heavy atom. The molecule has 0 radical (unpaired) electrons. The van der Waals surface area contributed by atoms with Crippen LogP contribution in [-0.4, -0.2) is 11.7 Å². The number of furan rings is 1.